The number of carbonyl (C=O) groups is 3. The minimum Gasteiger partial charge on any atom is -0.396 e. The molecule has 0 radical (unpaired) electrons. The maximum absolute atomic E-state index is 14.9. The van der Waals surface area contributed by atoms with Gasteiger partial charge in [-0.15, -0.1) is 0 Å². The van der Waals surface area contributed by atoms with Crippen molar-refractivity contribution in [2.75, 3.05) is 36.0 Å². The Labute approximate surface area is 260 Å². The molecule has 5 atom stereocenters. The average Bonchev–Trinajstić information content (AvgIpc) is 3.30. The third-order valence-corrected chi connectivity index (χ3v) is 10.0. The van der Waals surface area contributed by atoms with Crippen molar-refractivity contribution in [2.45, 2.75) is 70.1 Å². The number of para-hydroxylation sites is 2. The molecule has 4 aliphatic heterocycles. The molecule has 0 bridgehead atoms. The smallest absolute Gasteiger partial charge is 0.253 e. The molecule has 2 aromatic rings. The molecule has 4 heterocycles. The molecule has 8 nitrogen and oxygen atoms in total. The zero-order valence-corrected chi connectivity index (χ0v) is 25.9. The van der Waals surface area contributed by atoms with Crippen molar-refractivity contribution in [3.63, 3.8) is 0 Å². The SMILES string of the molecule is CC[C@@]12C=CCN(c3ccccc3)C(=O)[C@@H]1[C@H]1C(=O)N(CCCCCCO)C3C(=O)N(c4c(C)cccc4C)CC=C[C@@]31O2. The molecule has 0 aromatic heterocycles. The molecule has 2 saturated heterocycles. The number of unbranched alkanes of at least 4 members (excludes halogenated alkanes) is 3. The Bertz CT molecular complexity index is 1470. The molecule has 3 amide bonds. The van der Waals surface area contributed by atoms with E-state index < -0.39 is 29.1 Å². The largest absolute Gasteiger partial charge is 0.396 e. The van der Waals surface area contributed by atoms with Crippen LogP contribution in [-0.2, 0) is 19.1 Å². The van der Waals surface area contributed by atoms with Gasteiger partial charge in [-0.1, -0.05) is 80.5 Å². The van der Waals surface area contributed by atoms with Crippen molar-refractivity contribution in [1.82, 2.24) is 4.90 Å². The molecule has 232 valence electrons. The Hall–Kier alpha value is -3.75. The van der Waals surface area contributed by atoms with Gasteiger partial charge in [-0.05, 0) is 56.4 Å². The zero-order chi connectivity index (χ0) is 31.1. The number of amides is 3. The minimum absolute atomic E-state index is 0.132. The van der Waals surface area contributed by atoms with Crippen molar-refractivity contribution in [1.29, 1.82) is 0 Å². The molecule has 2 aromatic carbocycles. The molecule has 6 rings (SSSR count). The standard InChI is InChI=1S/C36H43N3O5/c1-4-35-19-13-22-37(27-17-8-7-9-18-27)32(41)28(35)29-33(42)39(21-10-5-6-11-24-40)31-34(43)38(23-14-20-36(29,31)44-35)30-25(2)15-12-16-26(30)3/h7-9,12-20,28-29,31,40H,4-6,10-11,21-24H2,1-3H3/t28-,29-,31?,35+,36-/m0/s1. The van der Waals surface area contributed by atoms with Crippen molar-refractivity contribution < 1.29 is 24.2 Å². The van der Waals surface area contributed by atoms with Crippen molar-refractivity contribution >= 4 is 29.1 Å². The summed E-state index contributed by atoms with van der Waals surface area (Å²) in [6.45, 7) is 7.23. The average molecular weight is 598 g/mol. The predicted octanol–water partition coefficient (Wildman–Crippen LogP) is 4.72. The molecule has 4 aliphatic rings. The topological polar surface area (TPSA) is 90.4 Å². The van der Waals surface area contributed by atoms with Gasteiger partial charge in [-0.3, -0.25) is 14.4 Å². The van der Waals surface area contributed by atoms with E-state index in [1.54, 1.807) is 14.7 Å². The van der Waals surface area contributed by atoms with Gasteiger partial charge in [0.25, 0.3) is 5.91 Å². The number of aryl methyl sites for hydroxylation is 2. The van der Waals surface area contributed by atoms with Crippen LogP contribution >= 0.6 is 0 Å². The van der Waals surface area contributed by atoms with Gasteiger partial charge in [0, 0.05) is 37.6 Å². The second kappa shape index (κ2) is 12.0. The van der Waals surface area contributed by atoms with E-state index in [0.717, 1.165) is 35.3 Å². The van der Waals surface area contributed by atoms with Crippen LogP contribution in [0.25, 0.3) is 0 Å². The van der Waals surface area contributed by atoms with Gasteiger partial charge in [0.2, 0.25) is 11.8 Å². The van der Waals surface area contributed by atoms with Gasteiger partial charge < -0.3 is 24.5 Å². The van der Waals surface area contributed by atoms with E-state index in [2.05, 4.69) is 0 Å². The fourth-order valence-electron chi connectivity index (χ4n) is 8.02. The fourth-order valence-corrected chi connectivity index (χ4v) is 8.02. The number of carbonyl (C=O) groups excluding carboxylic acids is 3. The highest BCUT2D eigenvalue weighted by molar-refractivity contribution is 6.08. The summed E-state index contributed by atoms with van der Waals surface area (Å²) in [5.41, 5.74) is 1.28. The Morgan fingerprint density at radius 3 is 2.18 bits per heavy atom. The van der Waals surface area contributed by atoms with Crippen LogP contribution in [-0.4, -0.2) is 71.2 Å². The number of anilines is 2. The summed E-state index contributed by atoms with van der Waals surface area (Å²) in [6.07, 6.45) is 11.4. The summed E-state index contributed by atoms with van der Waals surface area (Å²) >= 11 is 0. The number of aliphatic hydroxyl groups excluding tert-OH is 1. The highest BCUT2D eigenvalue weighted by Crippen LogP contribution is 2.59. The summed E-state index contributed by atoms with van der Waals surface area (Å²) in [6, 6.07) is 14.6. The lowest BCUT2D eigenvalue weighted by Gasteiger charge is -2.39. The lowest BCUT2D eigenvalue weighted by Crippen LogP contribution is -2.56. The second-order valence-corrected chi connectivity index (χ2v) is 12.6. The monoisotopic (exact) mass is 597 g/mol. The minimum atomic E-state index is -1.29. The predicted molar refractivity (Wildman–Crippen MR) is 170 cm³/mol. The maximum Gasteiger partial charge on any atom is 0.253 e. The van der Waals surface area contributed by atoms with E-state index in [9.17, 15) is 19.5 Å². The number of aliphatic hydroxyl groups is 1. The van der Waals surface area contributed by atoms with Gasteiger partial charge in [-0.2, -0.15) is 0 Å². The Morgan fingerprint density at radius 2 is 1.48 bits per heavy atom. The molecule has 2 fully saturated rings. The van der Waals surface area contributed by atoms with Gasteiger partial charge in [0.15, 0.2) is 0 Å². The van der Waals surface area contributed by atoms with E-state index >= 15 is 0 Å². The van der Waals surface area contributed by atoms with Crippen LogP contribution in [0.1, 0.15) is 50.2 Å². The first kappa shape index (κ1) is 30.3. The van der Waals surface area contributed by atoms with E-state index in [1.165, 1.54) is 0 Å². The lowest BCUT2D eigenvalue weighted by atomic mass is 9.73. The number of ether oxygens (including phenoxy) is 1. The molecule has 1 N–H and O–H groups in total. The van der Waals surface area contributed by atoms with Crippen LogP contribution in [0, 0.1) is 25.7 Å². The van der Waals surface area contributed by atoms with E-state index in [4.69, 9.17) is 4.74 Å². The van der Waals surface area contributed by atoms with Crippen molar-refractivity contribution in [3.8, 4) is 0 Å². The van der Waals surface area contributed by atoms with E-state index in [1.807, 2.05) is 93.6 Å². The van der Waals surface area contributed by atoms with Crippen LogP contribution in [0.3, 0.4) is 0 Å². The molecule has 44 heavy (non-hydrogen) atoms. The third-order valence-electron chi connectivity index (χ3n) is 10.0. The molecule has 1 spiro atoms. The second-order valence-electron chi connectivity index (χ2n) is 12.6. The van der Waals surface area contributed by atoms with Gasteiger partial charge in [0.1, 0.15) is 11.6 Å². The van der Waals surface area contributed by atoms with Crippen LogP contribution in [0.4, 0.5) is 11.4 Å². The Morgan fingerprint density at radius 1 is 0.795 bits per heavy atom. The first-order chi connectivity index (χ1) is 21.3. The molecular formula is C36H43N3O5. The number of fused-ring (bicyclic) bond motifs is 2. The first-order valence-corrected chi connectivity index (χ1v) is 16.0. The number of nitrogens with zero attached hydrogens (tertiary/aromatic N) is 3. The summed E-state index contributed by atoms with van der Waals surface area (Å²) in [7, 11) is 0. The maximum atomic E-state index is 14.9. The molecule has 1 unspecified atom stereocenters. The van der Waals surface area contributed by atoms with Crippen molar-refractivity contribution in [3.05, 3.63) is 84.0 Å². The van der Waals surface area contributed by atoms with Crippen LogP contribution < -0.4 is 9.80 Å². The Balaban J connectivity index is 1.46. The lowest BCUT2D eigenvalue weighted by molar-refractivity contribution is -0.145. The van der Waals surface area contributed by atoms with Gasteiger partial charge in [0.05, 0.1) is 17.4 Å². The zero-order valence-electron chi connectivity index (χ0n) is 25.9. The van der Waals surface area contributed by atoms with Gasteiger partial charge in [-0.25, -0.2) is 0 Å². The number of benzene rings is 2. The highest BCUT2D eigenvalue weighted by Gasteiger charge is 2.75. The molecule has 0 saturated carbocycles. The fraction of sp³-hybridized carbons (Fsp3) is 0.472. The van der Waals surface area contributed by atoms with Crippen molar-refractivity contribution in [2.24, 2.45) is 11.8 Å². The summed E-state index contributed by atoms with van der Waals surface area (Å²) in [5, 5.41) is 9.26. The molecule has 8 heteroatoms. The summed E-state index contributed by atoms with van der Waals surface area (Å²) in [4.78, 5) is 49.4. The van der Waals surface area contributed by atoms with E-state index in [-0.39, 0.29) is 24.3 Å². The van der Waals surface area contributed by atoms with Crippen LogP contribution in [0.2, 0.25) is 0 Å². The molecular weight excluding hydrogens is 554 g/mol. The quantitative estimate of drug-likeness (QED) is 0.334. The Kier molecular flexibility index (Phi) is 8.24. The van der Waals surface area contributed by atoms with E-state index in [0.29, 0.717) is 38.9 Å². The number of hydrogen-bond donors (Lipinski definition) is 1. The summed E-state index contributed by atoms with van der Waals surface area (Å²) in [5.74, 6) is -2.17. The first-order valence-electron chi connectivity index (χ1n) is 16.0. The number of hydrogen-bond acceptors (Lipinski definition) is 5. The number of likely N-dealkylation sites (tertiary alicyclic amines) is 1. The van der Waals surface area contributed by atoms with Gasteiger partial charge >= 0.3 is 0 Å². The number of rotatable bonds is 9. The van der Waals surface area contributed by atoms with Crippen LogP contribution in [0.5, 0.6) is 0 Å². The third kappa shape index (κ3) is 4.70. The molecule has 0 aliphatic carbocycles. The normalized spacial score (nSPS) is 29.5. The van der Waals surface area contributed by atoms with Crippen LogP contribution in [0.15, 0.2) is 72.8 Å². The highest BCUT2D eigenvalue weighted by atomic mass is 16.5. The summed E-state index contributed by atoms with van der Waals surface area (Å²) < 4.78 is 7.13.